The van der Waals surface area contributed by atoms with Gasteiger partial charge in [-0.3, -0.25) is 4.98 Å². The van der Waals surface area contributed by atoms with Gasteiger partial charge in [0.25, 0.3) is 0 Å². The lowest BCUT2D eigenvalue weighted by molar-refractivity contribution is 0.414. The van der Waals surface area contributed by atoms with E-state index in [0.717, 1.165) is 45.7 Å². The molecule has 4 aromatic heterocycles. The van der Waals surface area contributed by atoms with Crippen LogP contribution < -0.4 is 4.74 Å². The van der Waals surface area contributed by atoms with Gasteiger partial charge in [-0.05, 0) is 60.4 Å². The van der Waals surface area contributed by atoms with Gasteiger partial charge < -0.3 is 9.14 Å². The van der Waals surface area contributed by atoms with Crippen molar-refractivity contribution < 1.29 is 4.74 Å². The highest BCUT2D eigenvalue weighted by Gasteiger charge is 2.09. The Morgan fingerprint density at radius 2 is 1.96 bits per heavy atom. The van der Waals surface area contributed by atoms with Crippen molar-refractivity contribution in [2.75, 3.05) is 7.11 Å². The fraction of sp³-hybridized carbons (Fsp3) is 0.136. The molecule has 28 heavy (non-hydrogen) atoms. The van der Waals surface area contributed by atoms with Gasteiger partial charge in [-0.15, -0.1) is 0 Å². The van der Waals surface area contributed by atoms with Crippen molar-refractivity contribution >= 4 is 28.1 Å². The average molecular weight is 386 g/mol. The predicted octanol–water partition coefficient (Wildman–Crippen LogP) is 4.91. The molecule has 0 radical (unpaired) electrons. The first-order chi connectivity index (χ1) is 13.7. The van der Waals surface area contributed by atoms with E-state index in [1.807, 2.05) is 19.2 Å². The summed E-state index contributed by atoms with van der Waals surface area (Å²) in [7, 11) is 1.66. The average Bonchev–Trinajstić information content (AvgIpc) is 3.33. The highest BCUT2D eigenvalue weighted by atomic mass is 32.1. The van der Waals surface area contributed by atoms with Gasteiger partial charge in [-0.25, -0.2) is 4.98 Å². The van der Waals surface area contributed by atoms with Gasteiger partial charge in [0.05, 0.1) is 29.4 Å². The Morgan fingerprint density at radius 3 is 2.79 bits per heavy atom. The second-order valence-electron chi connectivity index (χ2n) is 6.81. The minimum Gasteiger partial charge on any atom is -0.495 e. The molecule has 0 saturated carbocycles. The molecule has 5 rings (SSSR count). The zero-order valence-corrected chi connectivity index (χ0v) is 16.4. The Balaban J connectivity index is 1.53. The van der Waals surface area contributed by atoms with Gasteiger partial charge >= 0.3 is 0 Å². The Labute approximate surface area is 166 Å². The SMILES string of the molecule is COc1cnc2ccc(Cc3cnc4ccc(-c5cc(C)ns5)cn34)cc2c1. The van der Waals surface area contributed by atoms with Crippen LogP contribution in [0.25, 0.3) is 27.0 Å². The summed E-state index contributed by atoms with van der Waals surface area (Å²) >= 11 is 1.53. The maximum absolute atomic E-state index is 5.30. The zero-order chi connectivity index (χ0) is 19.1. The van der Waals surface area contributed by atoms with Gasteiger partial charge in [-0.1, -0.05) is 6.07 Å². The van der Waals surface area contributed by atoms with Crippen molar-refractivity contribution in [3.05, 3.63) is 78.0 Å². The number of nitrogens with zero attached hydrogens (tertiary/aromatic N) is 4. The number of pyridine rings is 2. The quantitative estimate of drug-likeness (QED) is 0.440. The van der Waals surface area contributed by atoms with Crippen LogP contribution in [0.1, 0.15) is 17.0 Å². The van der Waals surface area contributed by atoms with Crippen molar-refractivity contribution in [2.45, 2.75) is 13.3 Å². The number of aromatic nitrogens is 4. The number of ether oxygens (including phenoxy) is 1. The molecule has 1 aromatic carbocycles. The second-order valence-corrected chi connectivity index (χ2v) is 7.61. The van der Waals surface area contributed by atoms with E-state index in [0.29, 0.717) is 0 Å². The molecule has 0 N–H and O–H groups in total. The first kappa shape index (κ1) is 16.9. The lowest BCUT2D eigenvalue weighted by Gasteiger charge is -2.07. The van der Waals surface area contributed by atoms with Crippen LogP contribution in [0, 0.1) is 6.92 Å². The molecule has 0 fully saturated rings. The number of hydrogen-bond acceptors (Lipinski definition) is 5. The number of benzene rings is 1. The van der Waals surface area contributed by atoms with Crippen molar-refractivity contribution in [1.82, 2.24) is 18.7 Å². The molecular formula is C22H18N4OS. The van der Waals surface area contributed by atoms with E-state index < -0.39 is 0 Å². The molecule has 5 aromatic rings. The molecule has 0 saturated heterocycles. The van der Waals surface area contributed by atoms with E-state index >= 15 is 0 Å². The van der Waals surface area contributed by atoms with E-state index in [-0.39, 0.29) is 0 Å². The topological polar surface area (TPSA) is 52.3 Å². The molecule has 0 atom stereocenters. The molecule has 0 unspecified atom stereocenters. The first-order valence-electron chi connectivity index (χ1n) is 9.02. The Bertz CT molecular complexity index is 1300. The van der Waals surface area contributed by atoms with E-state index in [1.165, 1.54) is 22.0 Å². The molecule has 0 bridgehead atoms. The molecular weight excluding hydrogens is 368 g/mol. The summed E-state index contributed by atoms with van der Waals surface area (Å²) < 4.78 is 11.9. The van der Waals surface area contributed by atoms with E-state index in [4.69, 9.17) is 4.74 Å². The van der Waals surface area contributed by atoms with E-state index in [2.05, 4.69) is 61.3 Å². The summed E-state index contributed by atoms with van der Waals surface area (Å²) in [6.07, 6.45) is 6.63. The van der Waals surface area contributed by atoms with Crippen molar-refractivity contribution in [1.29, 1.82) is 0 Å². The third kappa shape index (κ3) is 3.01. The standard InChI is InChI=1S/C22H18N4OS/c1-14-7-21(28-25-14)16-4-6-22-24-11-18(26(22)13-16)9-15-3-5-20-17(8-15)10-19(27-2)12-23-20/h3-8,10-13H,9H2,1-2H3. The Morgan fingerprint density at radius 1 is 1.04 bits per heavy atom. The fourth-order valence-corrected chi connectivity index (χ4v) is 4.14. The van der Waals surface area contributed by atoms with Gasteiger partial charge in [0.1, 0.15) is 11.4 Å². The third-order valence-corrected chi connectivity index (χ3v) is 5.77. The number of rotatable bonds is 4. The van der Waals surface area contributed by atoms with Crippen molar-refractivity contribution in [2.24, 2.45) is 0 Å². The molecule has 0 aliphatic rings. The number of imidazole rings is 1. The summed E-state index contributed by atoms with van der Waals surface area (Å²) in [6.45, 7) is 2.02. The minimum atomic E-state index is 0.768. The molecule has 138 valence electrons. The third-order valence-electron chi connectivity index (χ3n) is 4.84. The Kier molecular flexibility index (Phi) is 4.06. The largest absolute Gasteiger partial charge is 0.495 e. The van der Waals surface area contributed by atoms with Gasteiger partial charge in [0, 0.05) is 35.5 Å². The second kappa shape index (κ2) is 6.73. The Hall–Kier alpha value is -3.25. The zero-order valence-electron chi connectivity index (χ0n) is 15.6. The van der Waals surface area contributed by atoms with Crippen molar-refractivity contribution in [3.63, 3.8) is 0 Å². The molecule has 6 heteroatoms. The van der Waals surface area contributed by atoms with E-state index in [9.17, 15) is 0 Å². The summed E-state index contributed by atoms with van der Waals surface area (Å²) in [6, 6.07) is 14.6. The number of fused-ring (bicyclic) bond motifs is 2. The lowest BCUT2D eigenvalue weighted by Crippen LogP contribution is -1.95. The van der Waals surface area contributed by atoms with Crippen LogP contribution in [0.5, 0.6) is 5.75 Å². The molecule has 5 nitrogen and oxygen atoms in total. The van der Waals surface area contributed by atoms with Crippen LogP contribution in [-0.2, 0) is 6.42 Å². The highest BCUT2D eigenvalue weighted by Crippen LogP contribution is 2.26. The molecule has 0 aliphatic heterocycles. The molecule has 0 spiro atoms. The summed E-state index contributed by atoms with van der Waals surface area (Å²) in [5.74, 6) is 0.768. The summed E-state index contributed by atoms with van der Waals surface area (Å²) in [4.78, 5) is 10.2. The van der Waals surface area contributed by atoms with Crippen LogP contribution in [0.3, 0.4) is 0 Å². The van der Waals surface area contributed by atoms with Gasteiger partial charge in [0.2, 0.25) is 0 Å². The molecule has 0 aliphatic carbocycles. The number of methoxy groups -OCH3 is 1. The minimum absolute atomic E-state index is 0.768. The van der Waals surface area contributed by atoms with Crippen LogP contribution in [0.2, 0.25) is 0 Å². The smallest absolute Gasteiger partial charge is 0.137 e. The summed E-state index contributed by atoms with van der Waals surface area (Å²) in [5.41, 5.74) is 6.47. The number of hydrogen-bond donors (Lipinski definition) is 0. The van der Waals surface area contributed by atoms with Gasteiger partial charge in [-0.2, -0.15) is 4.37 Å². The highest BCUT2D eigenvalue weighted by molar-refractivity contribution is 7.09. The summed E-state index contributed by atoms with van der Waals surface area (Å²) in [5, 5.41) is 1.08. The van der Waals surface area contributed by atoms with Crippen LogP contribution in [0.4, 0.5) is 0 Å². The fourth-order valence-electron chi connectivity index (χ4n) is 3.40. The molecule has 4 heterocycles. The predicted molar refractivity (Wildman–Crippen MR) is 112 cm³/mol. The normalized spacial score (nSPS) is 11.4. The maximum Gasteiger partial charge on any atom is 0.137 e. The monoisotopic (exact) mass is 386 g/mol. The van der Waals surface area contributed by atoms with Crippen LogP contribution >= 0.6 is 11.5 Å². The van der Waals surface area contributed by atoms with Crippen LogP contribution in [0.15, 0.2) is 61.1 Å². The first-order valence-corrected chi connectivity index (χ1v) is 9.79. The van der Waals surface area contributed by atoms with E-state index in [1.54, 1.807) is 13.3 Å². The maximum atomic E-state index is 5.30. The van der Waals surface area contributed by atoms with Crippen molar-refractivity contribution in [3.8, 4) is 16.2 Å². The molecule has 0 amide bonds. The number of aryl methyl sites for hydroxylation is 1. The van der Waals surface area contributed by atoms with Gasteiger partial charge in [0.15, 0.2) is 0 Å². The van der Waals surface area contributed by atoms with Crippen LogP contribution in [-0.4, -0.2) is 25.9 Å². The lowest BCUT2D eigenvalue weighted by atomic mass is 10.1.